The lowest BCUT2D eigenvalue weighted by Crippen LogP contribution is -2.30. The Morgan fingerprint density at radius 1 is 1.00 bits per heavy atom. The summed E-state index contributed by atoms with van der Waals surface area (Å²) in [6.07, 6.45) is 0.330. The Hall–Kier alpha value is -2.21. The second-order valence-corrected chi connectivity index (χ2v) is 6.10. The van der Waals surface area contributed by atoms with Gasteiger partial charge in [0.1, 0.15) is 6.61 Å². The summed E-state index contributed by atoms with van der Waals surface area (Å²) in [6.45, 7) is 2.16. The smallest absolute Gasteiger partial charge is 0.306 e. The summed E-state index contributed by atoms with van der Waals surface area (Å²) in [5, 5.41) is 13.1. The molecular formula is C21H27NO4. The van der Waals surface area contributed by atoms with Crippen molar-refractivity contribution in [2.75, 3.05) is 19.8 Å². The minimum absolute atomic E-state index is 0.234. The molecule has 5 nitrogen and oxygen atoms in total. The number of hydrogen-bond acceptors (Lipinski definition) is 5. The summed E-state index contributed by atoms with van der Waals surface area (Å²) in [7, 11) is 0. The van der Waals surface area contributed by atoms with Crippen LogP contribution >= 0.6 is 0 Å². The molecule has 2 rings (SSSR count). The fourth-order valence-electron chi connectivity index (χ4n) is 2.39. The Morgan fingerprint density at radius 2 is 1.65 bits per heavy atom. The number of esters is 1. The van der Waals surface area contributed by atoms with Crippen molar-refractivity contribution in [3.05, 3.63) is 71.8 Å². The highest BCUT2D eigenvalue weighted by molar-refractivity contribution is 5.69. The Kier molecular flexibility index (Phi) is 9.43. The predicted molar refractivity (Wildman–Crippen MR) is 100 cm³/mol. The molecule has 0 aromatic heterocycles. The van der Waals surface area contributed by atoms with E-state index in [1.165, 1.54) is 5.56 Å². The second-order valence-electron chi connectivity index (χ2n) is 6.10. The van der Waals surface area contributed by atoms with Crippen molar-refractivity contribution >= 4 is 5.97 Å². The van der Waals surface area contributed by atoms with Crippen molar-refractivity contribution in [2.45, 2.75) is 32.1 Å². The minimum Gasteiger partial charge on any atom is -0.461 e. The summed E-state index contributed by atoms with van der Waals surface area (Å²) in [5.74, 6) is -0.234. The van der Waals surface area contributed by atoms with Crippen LogP contribution in [0.3, 0.4) is 0 Å². The van der Waals surface area contributed by atoms with Gasteiger partial charge in [-0.3, -0.25) is 4.79 Å². The van der Waals surface area contributed by atoms with Crippen molar-refractivity contribution in [2.24, 2.45) is 0 Å². The van der Waals surface area contributed by atoms with Crippen LogP contribution in [0.2, 0.25) is 0 Å². The zero-order valence-corrected chi connectivity index (χ0v) is 15.0. The largest absolute Gasteiger partial charge is 0.461 e. The molecule has 0 spiro atoms. The van der Waals surface area contributed by atoms with E-state index in [-0.39, 0.29) is 12.6 Å². The number of carbonyl (C=O) groups is 1. The van der Waals surface area contributed by atoms with Gasteiger partial charge in [0.15, 0.2) is 0 Å². The molecule has 0 amide bonds. The highest BCUT2D eigenvalue weighted by Crippen LogP contribution is 2.03. The van der Waals surface area contributed by atoms with Crippen LogP contribution in [0.4, 0.5) is 0 Å². The number of aliphatic hydroxyl groups is 1. The summed E-state index contributed by atoms with van der Waals surface area (Å²) < 4.78 is 10.6. The van der Waals surface area contributed by atoms with E-state index in [4.69, 9.17) is 9.47 Å². The number of ether oxygens (including phenoxy) is 2. The summed E-state index contributed by atoms with van der Waals surface area (Å²) in [4.78, 5) is 11.7. The first-order valence-electron chi connectivity index (χ1n) is 8.94. The molecule has 0 saturated heterocycles. The first kappa shape index (κ1) is 20.1. The highest BCUT2D eigenvalue weighted by atomic mass is 16.5. The fraction of sp³-hybridized carbons (Fsp3) is 0.381. The lowest BCUT2D eigenvalue weighted by molar-refractivity contribution is -0.145. The molecule has 1 atom stereocenters. The van der Waals surface area contributed by atoms with Gasteiger partial charge in [0.05, 0.1) is 12.7 Å². The first-order valence-corrected chi connectivity index (χ1v) is 8.94. The number of hydrogen-bond donors (Lipinski definition) is 2. The normalized spacial score (nSPS) is 11.9. The van der Waals surface area contributed by atoms with Gasteiger partial charge in [-0.05, 0) is 17.5 Å². The molecule has 26 heavy (non-hydrogen) atoms. The van der Waals surface area contributed by atoms with E-state index in [1.807, 2.05) is 60.7 Å². The van der Waals surface area contributed by atoms with E-state index in [1.54, 1.807) is 0 Å². The number of aliphatic hydroxyl groups excluding tert-OH is 1. The Bertz CT molecular complexity index is 618. The zero-order valence-electron chi connectivity index (χ0n) is 15.0. The molecule has 0 fully saturated rings. The van der Waals surface area contributed by atoms with Crippen molar-refractivity contribution in [3.63, 3.8) is 0 Å². The Morgan fingerprint density at radius 3 is 2.35 bits per heavy atom. The first-order chi connectivity index (χ1) is 12.7. The van der Waals surface area contributed by atoms with Gasteiger partial charge in [0, 0.05) is 26.1 Å². The van der Waals surface area contributed by atoms with Crippen LogP contribution in [0.15, 0.2) is 60.7 Å². The molecule has 2 aromatic carbocycles. The van der Waals surface area contributed by atoms with E-state index in [0.29, 0.717) is 39.1 Å². The van der Waals surface area contributed by atoms with Crippen molar-refractivity contribution in [1.82, 2.24) is 5.32 Å². The quantitative estimate of drug-likeness (QED) is 0.452. The molecule has 5 heteroatoms. The molecule has 0 aliphatic carbocycles. The molecule has 0 radical (unpaired) electrons. The van der Waals surface area contributed by atoms with Gasteiger partial charge in [-0.15, -0.1) is 0 Å². The minimum atomic E-state index is -0.566. The molecule has 140 valence electrons. The van der Waals surface area contributed by atoms with Crippen LogP contribution in [0.25, 0.3) is 0 Å². The third kappa shape index (κ3) is 8.76. The lowest BCUT2D eigenvalue weighted by atomic mass is 10.2. The van der Waals surface area contributed by atoms with Crippen LogP contribution in [0.5, 0.6) is 0 Å². The van der Waals surface area contributed by atoms with Crippen LogP contribution < -0.4 is 5.32 Å². The lowest BCUT2D eigenvalue weighted by Gasteiger charge is -2.12. The molecule has 1 unspecified atom stereocenters. The van der Waals surface area contributed by atoms with Gasteiger partial charge in [-0.2, -0.15) is 0 Å². The topological polar surface area (TPSA) is 67.8 Å². The summed E-state index contributed by atoms with van der Waals surface area (Å²) in [5.41, 5.74) is 2.15. The van der Waals surface area contributed by atoms with Crippen LogP contribution in [0.1, 0.15) is 24.0 Å². The van der Waals surface area contributed by atoms with Gasteiger partial charge in [-0.25, -0.2) is 0 Å². The third-order valence-electron chi connectivity index (χ3n) is 3.77. The summed E-state index contributed by atoms with van der Waals surface area (Å²) >= 11 is 0. The van der Waals surface area contributed by atoms with E-state index in [2.05, 4.69) is 5.32 Å². The second kappa shape index (κ2) is 12.2. The number of rotatable bonds is 12. The van der Waals surface area contributed by atoms with Gasteiger partial charge in [-0.1, -0.05) is 60.7 Å². The van der Waals surface area contributed by atoms with Crippen molar-refractivity contribution in [1.29, 1.82) is 0 Å². The fourth-order valence-corrected chi connectivity index (χ4v) is 2.39. The van der Waals surface area contributed by atoms with E-state index < -0.39 is 6.10 Å². The molecule has 0 heterocycles. The van der Waals surface area contributed by atoms with Crippen molar-refractivity contribution in [3.8, 4) is 0 Å². The maximum Gasteiger partial charge on any atom is 0.306 e. The van der Waals surface area contributed by atoms with Crippen LogP contribution in [0, 0.1) is 0 Å². The molecule has 2 N–H and O–H groups in total. The average Bonchev–Trinajstić information content (AvgIpc) is 2.68. The maximum atomic E-state index is 11.7. The zero-order chi connectivity index (χ0) is 18.5. The molecular weight excluding hydrogens is 330 g/mol. The number of nitrogens with one attached hydrogen (secondary N) is 1. The summed E-state index contributed by atoms with van der Waals surface area (Å²) in [6, 6.07) is 19.6. The van der Waals surface area contributed by atoms with Gasteiger partial charge >= 0.3 is 5.97 Å². The SMILES string of the molecule is O=C(CCCOCC(O)CNCc1ccccc1)OCc1ccccc1. The average molecular weight is 357 g/mol. The van der Waals surface area contributed by atoms with E-state index in [9.17, 15) is 9.90 Å². The molecule has 0 bridgehead atoms. The molecule has 0 aliphatic rings. The van der Waals surface area contributed by atoms with Crippen LogP contribution in [-0.4, -0.2) is 36.9 Å². The third-order valence-corrected chi connectivity index (χ3v) is 3.77. The Labute approximate surface area is 155 Å². The number of benzene rings is 2. The van der Waals surface area contributed by atoms with Crippen LogP contribution in [-0.2, 0) is 27.4 Å². The highest BCUT2D eigenvalue weighted by Gasteiger charge is 2.06. The maximum absolute atomic E-state index is 11.7. The van der Waals surface area contributed by atoms with E-state index >= 15 is 0 Å². The standard InChI is InChI=1S/C21H27NO4/c23-20(15-22-14-18-8-3-1-4-9-18)17-25-13-7-12-21(24)26-16-19-10-5-2-6-11-19/h1-6,8-11,20,22-23H,7,12-17H2. The van der Waals surface area contributed by atoms with Gasteiger partial charge < -0.3 is 19.9 Å². The predicted octanol–water partition coefficient (Wildman–Crippen LogP) is 2.68. The monoisotopic (exact) mass is 357 g/mol. The molecule has 2 aromatic rings. The number of carbonyl (C=O) groups excluding carboxylic acids is 1. The molecule has 0 aliphatic heterocycles. The van der Waals surface area contributed by atoms with Crippen molar-refractivity contribution < 1.29 is 19.4 Å². The van der Waals surface area contributed by atoms with E-state index in [0.717, 1.165) is 5.56 Å². The Balaban J connectivity index is 1.44. The van der Waals surface area contributed by atoms with Gasteiger partial charge in [0.25, 0.3) is 0 Å². The molecule has 0 saturated carbocycles. The van der Waals surface area contributed by atoms with Gasteiger partial charge in [0.2, 0.25) is 0 Å².